The van der Waals surface area contributed by atoms with E-state index in [-0.39, 0.29) is 0 Å². The molecule has 1 aliphatic rings. The molecule has 0 spiro atoms. The monoisotopic (exact) mass is 269 g/mol. The number of nitrogens with two attached hydrogens (primary N) is 1. The molecule has 1 heterocycles. The third-order valence-electron chi connectivity index (χ3n) is 3.84. The van der Waals surface area contributed by atoms with Gasteiger partial charge >= 0.3 is 0 Å². The van der Waals surface area contributed by atoms with Crippen LogP contribution in [0.4, 0.5) is 0 Å². The first-order valence-corrected chi connectivity index (χ1v) is 6.76. The third kappa shape index (κ3) is 1.95. The predicted octanol–water partition coefficient (Wildman–Crippen LogP) is 3.35. The quantitative estimate of drug-likeness (QED) is 0.807. The molecule has 1 atom stereocenters. The molecule has 2 N–H and O–H groups in total. The molecule has 0 bridgehead atoms. The van der Waals surface area contributed by atoms with Crippen molar-refractivity contribution in [3.8, 4) is 0 Å². The van der Waals surface area contributed by atoms with E-state index in [2.05, 4.69) is 0 Å². The molecular formula is C17H19NO2. The lowest BCUT2D eigenvalue weighted by molar-refractivity contribution is -0.418. The molecule has 0 aliphatic carbocycles. The maximum Gasteiger partial charge on any atom is 0.203 e. The smallest absolute Gasteiger partial charge is 0.203 e. The van der Waals surface area contributed by atoms with Gasteiger partial charge in [0.1, 0.15) is 5.60 Å². The SMILES string of the molecule is Cc1ccc(C2(N)OOC(C)(C)c3ccccc32)cc1. The molecule has 20 heavy (non-hydrogen) atoms. The van der Waals surface area contributed by atoms with Crippen LogP contribution in [0, 0.1) is 6.92 Å². The van der Waals surface area contributed by atoms with Crippen molar-refractivity contribution in [1.29, 1.82) is 0 Å². The van der Waals surface area contributed by atoms with Gasteiger partial charge in [0.05, 0.1) is 0 Å². The molecule has 3 rings (SSSR count). The van der Waals surface area contributed by atoms with Gasteiger partial charge in [0.2, 0.25) is 5.72 Å². The summed E-state index contributed by atoms with van der Waals surface area (Å²) in [6.45, 7) is 5.99. The minimum absolute atomic E-state index is 0.510. The molecule has 0 amide bonds. The first-order valence-electron chi connectivity index (χ1n) is 6.76. The molecule has 1 aliphatic heterocycles. The molecule has 3 heteroatoms. The van der Waals surface area contributed by atoms with Crippen LogP contribution in [0.15, 0.2) is 48.5 Å². The van der Waals surface area contributed by atoms with Crippen LogP contribution in [-0.2, 0) is 21.1 Å². The molecular weight excluding hydrogens is 250 g/mol. The van der Waals surface area contributed by atoms with E-state index in [1.807, 2.05) is 69.3 Å². The van der Waals surface area contributed by atoms with Crippen molar-refractivity contribution in [2.24, 2.45) is 5.73 Å². The zero-order valence-electron chi connectivity index (χ0n) is 12.0. The van der Waals surface area contributed by atoms with E-state index in [1.54, 1.807) is 0 Å². The summed E-state index contributed by atoms with van der Waals surface area (Å²) in [7, 11) is 0. The van der Waals surface area contributed by atoms with Gasteiger partial charge in [0.15, 0.2) is 0 Å². The second-order valence-electron chi connectivity index (χ2n) is 5.82. The number of benzene rings is 2. The molecule has 1 unspecified atom stereocenters. The number of rotatable bonds is 1. The minimum atomic E-state index is -1.07. The van der Waals surface area contributed by atoms with Crippen LogP contribution in [0.2, 0.25) is 0 Å². The Labute approximate surface area is 119 Å². The average Bonchev–Trinajstić information content (AvgIpc) is 2.45. The molecule has 0 aromatic heterocycles. The van der Waals surface area contributed by atoms with Crippen molar-refractivity contribution >= 4 is 0 Å². The summed E-state index contributed by atoms with van der Waals surface area (Å²) in [6, 6.07) is 16.0. The van der Waals surface area contributed by atoms with Crippen molar-refractivity contribution in [3.63, 3.8) is 0 Å². The Kier molecular flexibility index (Phi) is 2.94. The minimum Gasteiger partial charge on any atom is -0.293 e. The standard InChI is InChI=1S/C17H19NO2/c1-12-8-10-13(11-9-12)17(18)15-7-5-4-6-14(15)16(2,3)19-20-17/h4-11H,18H2,1-3H3. The highest BCUT2D eigenvalue weighted by molar-refractivity contribution is 5.44. The van der Waals surface area contributed by atoms with Crippen LogP contribution in [0.3, 0.4) is 0 Å². The Hall–Kier alpha value is -1.68. The molecule has 0 fully saturated rings. The number of aryl methyl sites for hydroxylation is 1. The van der Waals surface area contributed by atoms with Gasteiger partial charge in [-0.3, -0.25) is 5.73 Å². The fourth-order valence-corrected chi connectivity index (χ4v) is 2.60. The zero-order valence-corrected chi connectivity index (χ0v) is 12.0. The second-order valence-corrected chi connectivity index (χ2v) is 5.82. The Bertz CT molecular complexity index is 634. The Morgan fingerprint density at radius 2 is 1.45 bits per heavy atom. The molecule has 3 nitrogen and oxygen atoms in total. The maximum atomic E-state index is 6.52. The molecule has 2 aromatic rings. The summed E-state index contributed by atoms with van der Waals surface area (Å²) < 4.78 is 0. The summed E-state index contributed by atoms with van der Waals surface area (Å²) >= 11 is 0. The highest BCUT2D eigenvalue weighted by Crippen LogP contribution is 2.42. The lowest BCUT2D eigenvalue weighted by atomic mass is 9.84. The van der Waals surface area contributed by atoms with E-state index in [0.717, 1.165) is 16.7 Å². The Morgan fingerprint density at radius 3 is 2.10 bits per heavy atom. The number of hydrogen-bond donors (Lipinski definition) is 1. The van der Waals surface area contributed by atoms with E-state index >= 15 is 0 Å². The summed E-state index contributed by atoms with van der Waals surface area (Å²) in [5, 5.41) is 0. The van der Waals surface area contributed by atoms with Gasteiger partial charge < -0.3 is 0 Å². The lowest BCUT2D eigenvalue weighted by Gasteiger charge is -2.41. The van der Waals surface area contributed by atoms with Crippen LogP contribution in [-0.4, -0.2) is 0 Å². The van der Waals surface area contributed by atoms with Crippen LogP contribution in [0.5, 0.6) is 0 Å². The largest absolute Gasteiger partial charge is 0.293 e. The van der Waals surface area contributed by atoms with Crippen LogP contribution >= 0.6 is 0 Å². The van der Waals surface area contributed by atoms with Crippen molar-refractivity contribution in [1.82, 2.24) is 0 Å². The van der Waals surface area contributed by atoms with Crippen molar-refractivity contribution in [2.75, 3.05) is 0 Å². The number of hydrogen-bond acceptors (Lipinski definition) is 3. The molecule has 2 aromatic carbocycles. The summed E-state index contributed by atoms with van der Waals surface area (Å²) in [5.74, 6) is 0. The van der Waals surface area contributed by atoms with Gasteiger partial charge in [0, 0.05) is 11.1 Å². The van der Waals surface area contributed by atoms with E-state index in [1.165, 1.54) is 5.56 Å². The lowest BCUT2D eigenvalue weighted by Crippen LogP contribution is -2.48. The van der Waals surface area contributed by atoms with Gasteiger partial charge in [-0.25, -0.2) is 9.78 Å². The van der Waals surface area contributed by atoms with Crippen LogP contribution in [0.25, 0.3) is 0 Å². The first-order chi connectivity index (χ1) is 9.43. The third-order valence-corrected chi connectivity index (χ3v) is 3.84. The van der Waals surface area contributed by atoms with E-state index in [9.17, 15) is 0 Å². The molecule has 0 saturated carbocycles. The van der Waals surface area contributed by atoms with Crippen LogP contribution < -0.4 is 5.73 Å². The van der Waals surface area contributed by atoms with Gasteiger partial charge in [-0.05, 0) is 26.3 Å². The van der Waals surface area contributed by atoms with Gasteiger partial charge in [0.25, 0.3) is 0 Å². The fraction of sp³-hybridized carbons (Fsp3) is 0.294. The van der Waals surface area contributed by atoms with E-state index in [0.29, 0.717) is 0 Å². The van der Waals surface area contributed by atoms with E-state index < -0.39 is 11.3 Å². The van der Waals surface area contributed by atoms with Crippen LogP contribution in [0.1, 0.15) is 36.1 Å². The second kappa shape index (κ2) is 4.42. The first kappa shape index (κ1) is 13.3. The van der Waals surface area contributed by atoms with Crippen molar-refractivity contribution in [3.05, 3.63) is 70.8 Å². The average molecular weight is 269 g/mol. The van der Waals surface area contributed by atoms with Crippen molar-refractivity contribution in [2.45, 2.75) is 32.1 Å². The highest BCUT2D eigenvalue weighted by Gasteiger charge is 2.44. The Balaban J connectivity index is 2.18. The molecule has 104 valence electrons. The fourth-order valence-electron chi connectivity index (χ4n) is 2.60. The predicted molar refractivity (Wildman–Crippen MR) is 77.8 cm³/mol. The summed E-state index contributed by atoms with van der Waals surface area (Å²) in [4.78, 5) is 11.2. The normalized spacial score (nSPS) is 24.2. The number of fused-ring (bicyclic) bond motifs is 1. The zero-order chi connectivity index (χ0) is 14.4. The van der Waals surface area contributed by atoms with Gasteiger partial charge in [-0.15, -0.1) is 0 Å². The topological polar surface area (TPSA) is 44.5 Å². The van der Waals surface area contributed by atoms with Crippen molar-refractivity contribution < 1.29 is 9.78 Å². The summed E-state index contributed by atoms with van der Waals surface area (Å²) in [6.07, 6.45) is 0. The van der Waals surface area contributed by atoms with Gasteiger partial charge in [-0.1, -0.05) is 54.1 Å². The van der Waals surface area contributed by atoms with Gasteiger partial charge in [-0.2, -0.15) is 0 Å². The molecule has 0 saturated heterocycles. The molecule has 0 radical (unpaired) electrons. The maximum absolute atomic E-state index is 6.52. The van der Waals surface area contributed by atoms with E-state index in [4.69, 9.17) is 15.5 Å². The highest BCUT2D eigenvalue weighted by atomic mass is 17.2. The summed E-state index contributed by atoms with van der Waals surface area (Å²) in [5.41, 5.74) is 9.00. The Morgan fingerprint density at radius 1 is 0.850 bits per heavy atom.